The van der Waals surface area contributed by atoms with Crippen LogP contribution in [-0.4, -0.2) is 52.1 Å². The molecule has 1 aliphatic rings. The van der Waals surface area contributed by atoms with Gasteiger partial charge in [0.2, 0.25) is 0 Å². The largest absolute Gasteiger partial charge is 0.349 e. The van der Waals surface area contributed by atoms with Crippen LogP contribution in [0.5, 0.6) is 0 Å². The van der Waals surface area contributed by atoms with Crippen LogP contribution in [0.3, 0.4) is 0 Å². The van der Waals surface area contributed by atoms with Crippen LogP contribution in [0.25, 0.3) is 10.9 Å². The molecule has 0 aliphatic carbocycles. The molecule has 2 aromatic heterocycles. The number of nitrogens with zero attached hydrogens (tertiary/aromatic N) is 3. The highest BCUT2D eigenvalue weighted by Crippen LogP contribution is 2.21. The molecule has 0 fully saturated rings. The van der Waals surface area contributed by atoms with E-state index in [9.17, 15) is 14.4 Å². The monoisotopic (exact) mass is 275 g/mol. The fraction of sp³-hybridized carbons (Fsp3) is 0.333. The minimum Gasteiger partial charge on any atom is -0.349 e. The Hall–Kier alpha value is -2.64. The molecule has 0 atom stereocenters. The third-order valence-electron chi connectivity index (χ3n) is 3.30. The van der Waals surface area contributed by atoms with Crippen molar-refractivity contribution in [2.24, 2.45) is 0 Å². The SMILES string of the molecule is CN(C)C(=O)c1n[nH]c(=O)c2cc3n(c12)CCNC3=O. The normalized spacial score (nSPS) is 14.0. The topological polar surface area (TPSA) is 100 Å². The molecule has 2 aromatic rings. The van der Waals surface area contributed by atoms with Crippen LogP contribution < -0.4 is 10.9 Å². The summed E-state index contributed by atoms with van der Waals surface area (Å²) in [6.45, 7) is 0.960. The molecule has 3 rings (SSSR count). The Morgan fingerprint density at radius 1 is 1.40 bits per heavy atom. The average molecular weight is 275 g/mol. The van der Waals surface area contributed by atoms with Crippen molar-refractivity contribution in [2.45, 2.75) is 6.54 Å². The molecule has 8 nitrogen and oxygen atoms in total. The second-order valence-corrected chi connectivity index (χ2v) is 4.80. The first-order valence-electron chi connectivity index (χ1n) is 6.12. The predicted octanol–water partition coefficient (Wildman–Crippen LogP) is -0.830. The highest BCUT2D eigenvalue weighted by Gasteiger charge is 2.26. The van der Waals surface area contributed by atoms with Crippen molar-refractivity contribution >= 4 is 22.7 Å². The third-order valence-corrected chi connectivity index (χ3v) is 3.30. The van der Waals surface area contributed by atoms with Gasteiger partial charge in [0.1, 0.15) is 5.69 Å². The maximum Gasteiger partial charge on any atom is 0.275 e. The molecule has 0 unspecified atom stereocenters. The highest BCUT2D eigenvalue weighted by atomic mass is 16.2. The second kappa shape index (κ2) is 4.19. The second-order valence-electron chi connectivity index (χ2n) is 4.80. The minimum atomic E-state index is -0.412. The number of H-pyrrole nitrogens is 1. The van der Waals surface area contributed by atoms with Crippen molar-refractivity contribution in [1.29, 1.82) is 0 Å². The summed E-state index contributed by atoms with van der Waals surface area (Å²) in [5.74, 6) is -0.576. The summed E-state index contributed by atoms with van der Waals surface area (Å²) in [5, 5.41) is 9.16. The molecule has 1 aliphatic heterocycles. The van der Waals surface area contributed by atoms with E-state index in [4.69, 9.17) is 0 Å². The minimum absolute atomic E-state index is 0.144. The Bertz CT molecular complexity index is 786. The fourth-order valence-electron chi connectivity index (χ4n) is 2.35. The highest BCUT2D eigenvalue weighted by molar-refractivity contribution is 6.07. The number of hydrogen-bond donors (Lipinski definition) is 2. The Morgan fingerprint density at radius 2 is 2.15 bits per heavy atom. The summed E-state index contributed by atoms with van der Waals surface area (Å²) in [6.07, 6.45) is 0. The zero-order valence-corrected chi connectivity index (χ0v) is 11.1. The molecule has 2 N–H and O–H groups in total. The number of nitrogens with one attached hydrogen (secondary N) is 2. The van der Waals surface area contributed by atoms with Gasteiger partial charge in [-0.05, 0) is 6.07 Å². The van der Waals surface area contributed by atoms with Crippen LogP contribution in [0.2, 0.25) is 0 Å². The van der Waals surface area contributed by atoms with Crippen LogP contribution in [0.1, 0.15) is 21.0 Å². The van der Waals surface area contributed by atoms with Gasteiger partial charge in [0.15, 0.2) is 5.69 Å². The molecule has 0 spiro atoms. The first-order valence-corrected chi connectivity index (χ1v) is 6.12. The molecule has 0 saturated carbocycles. The molecule has 0 saturated heterocycles. The lowest BCUT2D eigenvalue weighted by molar-refractivity contribution is 0.0821. The number of hydrogen-bond acceptors (Lipinski definition) is 4. The van der Waals surface area contributed by atoms with E-state index in [1.54, 1.807) is 18.7 Å². The van der Waals surface area contributed by atoms with Crippen LogP contribution in [-0.2, 0) is 6.54 Å². The van der Waals surface area contributed by atoms with Gasteiger partial charge in [-0.3, -0.25) is 14.4 Å². The standard InChI is InChI=1S/C12H13N5O3/c1-16(2)12(20)8-9-6(10(18)15-14-8)5-7-11(19)13-3-4-17(7)9/h5H,3-4H2,1-2H3,(H,13,19)(H,15,18). The van der Waals surface area contributed by atoms with E-state index in [0.29, 0.717) is 29.7 Å². The molecule has 104 valence electrons. The number of aromatic amines is 1. The Labute approximate surface area is 113 Å². The number of aromatic nitrogens is 3. The van der Waals surface area contributed by atoms with Gasteiger partial charge in [0.05, 0.1) is 10.9 Å². The molecule has 0 bridgehead atoms. The fourth-order valence-corrected chi connectivity index (χ4v) is 2.35. The summed E-state index contributed by atoms with van der Waals surface area (Å²) in [7, 11) is 3.21. The maximum atomic E-state index is 12.2. The van der Waals surface area contributed by atoms with Crippen LogP contribution in [0.15, 0.2) is 10.9 Å². The van der Waals surface area contributed by atoms with Gasteiger partial charge in [0.25, 0.3) is 17.4 Å². The molecular weight excluding hydrogens is 262 g/mol. The van der Waals surface area contributed by atoms with E-state index >= 15 is 0 Å². The van der Waals surface area contributed by atoms with Crippen molar-refractivity contribution in [1.82, 2.24) is 25.0 Å². The number of carbonyl (C=O) groups excluding carboxylic acids is 2. The Morgan fingerprint density at radius 3 is 2.85 bits per heavy atom. The summed E-state index contributed by atoms with van der Waals surface area (Å²) >= 11 is 0. The molecular formula is C12H13N5O3. The van der Waals surface area contributed by atoms with Gasteiger partial charge in [-0.25, -0.2) is 5.10 Å². The zero-order chi connectivity index (χ0) is 14.4. The van der Waals surface area contributed by atoms with E-state index in [2.05, 4.69) is 15.5 Å². The number of amides is 2. The van der Waals surface area contributed by atoms with Gasteiger partial charge in [-0.1, -0.05) is 0 Å². The van der Waals surface area contributed by atoms with Crippen LogP contribution in [0, 0.1) is 0 Å². The van der Waals surface area contributed by atoms with E-state index in [-0.39, 0.29) is 17.5 Å². The lowest BCUT2D eigenvalue weighted by Gasteiger charge is -2.17. The third kappa shape index (κ3) is 1.61. The first-order chi connectivity index (χ1) is 9.50. The molecule has 0 aromatic carbocycles. The summed E-state index contributed by atoms with van der Waals surface area (Å²) in [4.78, 5) is 37.2. The van der Waals surface area contributed by atoms with E-state index < -0.39 is 5.56 Å². The van der Waals surface area contributed by atoms with Crippen LogP contribution >= 0.6 is 0 Å². The van der Waals surface area contributed by atoms with Gasteiger partial charge >= 0.3 is 0 Å². The smallest absolute Gasteiger partial charge is 0.275 e. The van der Waals surface area contributed by atoms with Gasteiger partial charge in [-0.15, -0.1) is 0 Å². The maximum absolute atomic E-state index is 12.2. The molecule has 3 heterocycles. The van der Waals surface area contributed by atoms with Gasteiger partial charge in [0, 0.05) is 27.2 Å². The molecule has 0 radical (unpaired) electrons. The van der Waals surface area contributed by atoms with E-state index in [1.807, 2.05) is 0 Å². The van der Waals surface area contributed by atoms with Crippen molar-refractivity contribution in [2.75, 3.05) is 20.6 Å². The zero-order valence-electron chi connectivity index (χ0n) is 11.1. The van der Waals surface area contributed by atoms with Crippen molar-refractivity contribution in [3.63, 3.8) is 0 Å². The van der Waals surface area contributed by atoms with Crippen molar-refractivity contribution in [3.8, 4) is 0 Å². The molecule has 20 heavy (non-hydrogen) atoms. The average Bonchev–Trinajstić information content (AvgIpc) is 2.81. The number of fused-ring (bicyclic) bond motifs is 3. The summed E-state index contributed by atoms with van der Waals surface area (Å²) in [5.41, 5.74) is 0.519. The Kier molecular flexibility index (Phi) is 2.60. The summed E-state index contributed by atoms with van der Waals surface area (Å²) < 4.78 is 1.67. The number of carbonyl (C=O) groups is 2. The first kappa shape index (κ1) is 12.4. The Balaban J connectivity index is 2.39. The van der Waals surface area contributed by atoms with Crippen LogP contribution in [0.4, 0.5) is 0 Å². The van der Waals surface area contributed by atoms with Crippen molar-refractivity contribution in [3.05, 3.63) is 27.8 Å². The van der Waals surface area contributed by atoms with Gasteiger partial charge in [-0.2, -0.15) is 5.10 Å². The quantitative estimate of drug-likeness (QED) is 0.709. The lowest BCUT2D eigenvalue weighted by Crippen LogP contribution is -2.35. The molecule has 8 heteroatoms. The van der Waals surface area contributed by atoms with Crippen molar-refractivity contribution < 1.29 is 9.59 Å². The summed E-state index contributed by atoms with van der Waals surface area (Å²) in [6, 6.07) is 1.50. The van der Waals surface area contributed by atoms with Gasteiger partial charge < -0.3 is 14.8 Å². The number of rotatable bonds is 1. The predicted molar refractivity (Wildman–Crippen MR) is 70.7 cm³/mol. The van der Waals surface area contributed by atoms with E-state index in [0.717, 1.165) is 0 Å². The molecule has 2 amide bonds. The lowest BCUT2D eigenvalue weighted by atomic mass is 10.2. The van der Waals surface area contributed by atoms with E-state index in [1.165, 1.54) is 11.0 Å².